The maximum Gasteiger partial charge on any atom is 0.417 e. The van der Waals surface area contributed by atoms with Crippen molar-refractivity contribution in [3.8, 4) is 0 Å². The number of carbonyl (C=O) groups excluding carboxylic acids is 1. The minimum absolute atomic E-state index is 0.177. The average molecular weight is 378 g/mol. The van der Waals surface area contributed by atoms with Gasteiger partial charge in [-0.1, -0.05) is 6.07 Å². The van der Waals surface area contributed by atoms with E-state index in [2.05, 4.69) is 10.3 Å². The molecule has 2 rings (SSSR count). The third-order valence-electron chi connectivity index (χ3n) is 3.21. The summed E-state index contributed by atoms with van der Waals surface area (Å²) >= 11 is 1.40. The van der Waals surface area contributed by atoms with Gasteiger partial charge in [-0.15, -0.1) is 11.3 Å². The van der Waals surface area contributed by atoms with Crippen molar-refractivity contribution >= 4 is 27.1 Å². The molecular formula is C14H13F3N2O3S2. The Kier molecular flexibility index (Phi) is 5.29. The Hall–Kier alpha value is -1.94. The van der Waals surface area contributed by atoms with Crippen molar-refractivity contribution in [2.45, 2.75) is 29.9 Å². The van der Waals surface area contributed by atoms with E-state index in [4.69, 9.17) is 0 Å². The minimum Gasteiger partial charge on any atom is -0.350 e. The normalized spacial score (nSPS) is 13.5. The zero-order valence-electron chi connectivity index (χ0n) is 12.4. The number of amides is 1. The summed E-state index contributed by atoms with van der Waals surface area (Å²) in [6.07, 6.45) is -4.18. The molecule has 0 aliphatic rings. The minimum atomic E-state index is -4.61. The predicted molar refractivity (Wildman–Crippen MR) is 82.1 cm³/mol. The lowest BCUT2D eigenvalue weighted by Gasteiger charge is -2.13. The van der Waals surface area contributed by atoms with E-state index in [1.54, 1.807) is 12.1 Å². The van der Waals surface area contributed by atoms with E-state index in [1.807, 2.05) is 5.38 Å². The second-order valence-electron chi connectivity index (χ2n) is 4.87. The fourth-order valence-corrected chi connectivity index (χ4v) is 3.60. The zero-order valence-corrected chi connectivity index (χ0v) is 14.0. The number of aromatic nitrogens is 1. The van der Waals surface area contributed by atoms with Gasteiger partial charge in [0.15, 0.2) is 5.03 Å². The number of hydrogen-bond donors (Lipinski definition) is 1. The summed E-state index contributed by atoms with van der Waals surface area (Å²) in [5, 5.41) is 2.25. The summed E-state index contributed by atoms with van der Waals surface area (Å²) in [7, 11) is -4.18. The van der Waals surface area contributed by atoms with Gasteiger partial charge in [0, 0.05) is 11.1 Å². The van der Waals surface area contributed by atoms with Gasteiger partial charge in [0.2, 0.25) is 15.7 Å². The van der Waals surface area contributed by atoms with Crippen LogP contribution in [-0.4, -0.2) is 24.6 Å². The lowest BCUT2D eigenvalue weighted by atomic mass is 10.3. The lowest BCUT2D eigenvalue weighted by Crippen LogP contribution is -2.37. The molecule has 0 bridgehead atoms. The fourth-order valence-electron chi connectivity index (χ4n) is 1.77. The van der Waals surface area contributed by atoms with Crippen LogP contribution in [0.4, 0.5) is 13.2 Å². The van der Waals surface area contributed by atoms with Crippen LogP contribution in [0.2, 0.25) is 0 Å². The number of rotatable bonds is 5. The first-order valence-corrected chi connectivity index (χ1v) is 9.12. The van der Waals surface area contributed by atoms with Gasteiger partial charge in [-0.05, 0) is 30.5 Å². The molecule has 2 aromatic heterocycles. The summed E-state index contributed by atoms with van der Waals surface area (Å²) in [6.45, 7) is 1.34. The van der Waals surface area contributed by atoms with Crippen molar-refractivity contribution in [3.63, 3.8) is 0 Å². The van der Waals surface area contributed by atoms with E-state index in [0.29, 0.717) is 12.3 Å². The number of sulfone groups is 1. The van der Waals surface area contributed by atoms with E-state index >= 15 is 0 Å². The molecule has 1 N–H and O–H groups in total. The average Bonchev–Trinajstić information content (AvgIpc) is 3.04. The second-order valence-corrected chi connectivity index (χ2v) is 8.11. The molecule has 0 fully saturated rings. The molecule has 0 aliphatic carbocycles. The van der Waals surface area contributed by atoms with Gasteiger partial charge in [-0.3, -0.25) is 4.79 Å². The molecular weight excluding hydrogens is 365 g/mol. The molecule has 0 aliphatic heterocycles. The van der Waals surface area contributed by atoms with Crippen molar-refractivity contribution in [3.05, 3.63) is 46.3 Å². The highest BCUT2D eigenvalue weighted by atomic mass is 32.2. The number of carbonyl (C=O) groups is 1. The Morgan fingerprint density at radius 2 is 2.04 bits per heavy atom. The number of nitrogens with one attached hydrogen (secondary N) is 1. The van der Waals surface area contributed by atoms with Gasteiger partial charge in [-0.2, -0.15) is 13.2 Å². The van der Waals surface area contributed by atoms with Crippen molar-refractivity contribution < 1.29 is 26.4 Å². The van der Waals surface area contributed by atoms with Crippen molar-refractivity contribution in [2.75, 3.05) is 0 Å². The quantitative estimate of drug-likeness (QED) is 0.868. The SMILES string of the molecule is C[C@@H](C(=O)NCc1cccs1)S(=O)(=O)c1ccc(C(F)(F)F)cn1. The van der Waals surface area contributed by atoms with Gasteiger partial charge in [-0.25, -0.2) is 13.4 Å². The molecule has 0 unspecified atom stereocenters. The first kappa shape index (κ1) is 18.4. The Morgan fingerprint density at radius 3 is 2.54 bits per heavy atom. The highest BCUT2D eigenvalue weighted by Gasteiger charge is 2.34. The topological polar surface area (TPSA) is 76.1 Å². The van der Waals surface area contributed by atoms with Crippen LogP contribution in [0.1, 0.15) is 17.4 Å². The van der Waals surface area contributed by atoms with Crippen LogP contribution in [0.3, 0.4) is 0 Å². The summed E-state index contributed by atoms with van der Waals surface area (Å²) in [4.78, 5) is 16.2. The number of hydrogen-bond acceptors (Lipinski definition) is 5. The van der Waals surface area contributed by atoms with E-state index in [-0.39, 0.29) is 6.54 Å². The number of pyridine rings is 1. The van der Waals surface area contributed by atoms with Crippen molar-refractivity contribution in [1.29, 1.82) is 0 Å². The van der Waals surface area contributed by atoms with E-state index in [9.17, 15) is 26.4 Å². The summed E-state index contributed by atoms with van der Waals surface area (Å²) in [5.74, 6) is -0.745. The maximum absolute atomic E-state index is 12.5. The molecule has 5 nitrogen and oxygen atoms in total. The Morgan fingerprint density at radius 1 is 1.33 bits per heavy atom. The molecule has 0 saturated carbocycles. The Balaban J connectivity index is 2.12. The number of alkyl halides is 3. The first-order valence-electron chi connectivity index (χ1n) is 6.69. The van der Waals surface area contributed by atoms with E-state index in [1.165, 1.54) is 18.3 Å². The van der Waals surface area contributed by atoms with Crippen LogP contribution in [0.5, 0.6) is 0 Å². The molecule has 2 heterocycles. The number of halogens is 3. The standard InChI is InChI=1S/C14H13F3N2O3S2/c1-9(13(20)19-8-11-3-2-6-23-11)24(21,22)12-5-4-10(7-18-12)14(15,16)17/h2-7,9H,8H2,1H3,(H,19,20)/t9-/m0/s1. The Labute approximate surface area is 140 Å². The van der Waals surface area contributed by atoms with Crippen LogP contribution in [-0.2, 0) is 27.4 Å². The Bertz CT molecular complexity index is 801. The van der Waals surface area contributed by atoms with E-state index < -0.39 is 37.8 Å². The van der Waals surface area contributed by atoms with Gasteiger partial charge < -0.3 is 5.32 Å². The first-order chi connectivity index (χ1) is 11.1. The molecule has 130 valence electrons. The maximum atomic E-state index is 12.5. The van der Waals surface area contributed by atoms with Crippen molar-refractivity contribution in [2.24, 2.45) is 0 Å². The molecule has 0 aromatic carbocycles. The van der Waals surface area contributed by atoms with E-state index in [0.717, 1.165) is 10.9 Å². The summed E-state index contributed by atoms with van der Waals surface area (Å²) < 4.78 is 62.0. The van der Waals surface area contributed by atoms with Crippen LogP contribution < -0.4 is 5.32 Å². The highest BCUT2D eigenvalue weighted by molar-refractivity contribution is 7.92. The molecule has 1 atom stereocenters. The summed E-state index contributed by atoms with van der Waals surface area (Å²) in [5.41, 5.74) is -1.06. The molecule has 0 saturated heterocycles. The molecule has 0 spiro atoms. The van der Waals surface area contributed by atoms with Crippen LogP contribution in [0, 0.1) is 0 Å². The van der Waals surface area contributed by atoms with Crippen LogP contribution in [0.25, 0.3) is 0 Å². The molecule has 24 heavy (non-hydrogen) atoms. The summed E-state index contributed by atoms with van der Waals surface area (Å²) in [6, 6.07) is 4.94. The van der Waals surface area contributed by atoms with Crippen molar-refractivity contribution in [1.82, 2.24) is 10.3 Å². The zero-order chi connectivity index (χ0) is 18.0. The fraction of sp³-hybridized carbons (Fsp3) is 0.286. The number of thiophene rings is 1. The highest BCUT2D eigenvalue weighted by Crippen LogP contribution is 2.29. The monoisotopic (exact) mass is 378 g/mol. The van der Waals surface area contributed by atoms with Gasteiger partial charge in [0.05, 0.1) is 12.1 Å². The third-order valence-corrected chi connectivity index (χ3v) is 6.05. The van der Waals surface area contributed by atoms with Gasteiger partial charge in [0.1, 0.15) is 5.25 Å². The molecule has 2 aromatic rings. The molecule has 1 amide bonds. The van der Waals surface area contributed by atoms with Gasteiger partial charge in [0.25, 0.3) is 0 Å². The predicted octanol–water partition coefficient (Wildman–Crippen LogP) is 2.64. The van der Waals surface area contributed by atoms with Crippen LogP contribution >= 0.6 is 11.3 Å². The third kappa shape index (κ3) is 4.12. The largest absolute Gasteiger partial charge is 0.417 e. The second kappa shape index (κ2) is 6.89. The molecule has 10 heteroatoms. The number of nitrogens with zero attached hydrogens (tertiary/aromatic N) is 1. The van der Waals surface area contributed by atoms with Crippen LogP contribution in [0.15, 0.2) is 40.9 Å². The lowest BCUT2D eigenvalue weighted by molar-refractivity contribution is -0.137. The molecule has 0 radical (unpaired) electrons. The smallest absolute Gasteiger partial charge is 0.350 e. The van der Waals surface area contributed by atoms with Gasteiger partial charge >= 0.3 is 6.18 Å².